The molecule has 0 radical (unpaired) electrons. The lowest BCUT2D eigenvalue weighted by atomic mass is 10.1. The van der Waals surface area contributed by atoms with Gasteiger partial charge in [0.25, 0.3) is 11.5 Å². The third-order valence-corrected chi connectivity index (χ3v) is 6.45. The first kappa shape index (κ1) is 26.5. The predicted molar refractivity (Wildman–Crippen MR) is 150 cm³/mol. The fraction of sp³-hybridized carbons (Fsp3) is 0.167. The Hall–Kier alpha value is -5.09. The van der Waals surface area contributed by atoms with Crippen LogP contribution in [0.2, 0.25) is 0 Å². The Bertz CT molecular complexity index is 1720. The summed E-state index contributed by atoms with van der Waals surface area (Å²) >= 11 is 0. The fourth-order valence-corrected chi connectivity index (χ4v) is 4.46. The van der Waals surface area contributed by atoms with Gasteiger partial charge in [-0.15, -0.1) is 0 Å². The minimum Gasteiger partial charge on any atom is -0.493 e. The van der Waals surface area contributed by atoms with E-state index in [4.69, 9.17) is 9.47 Å². The number of carbonyl (C=O) groups excluding carboxylic acids is 1. The molecule has 0 aliphatic heterocycles. The standard InChI is InChI=1S/C30H27N5O5/c1-39-25-10-9-19(15-26(25)40-2)14-22(18-36)33-29(37)20-11-13-32-27(16-20)35-30(38)24-8-4-3-7-23(24)28(34-35)21-6-5-12-31-17-21/h3-13,15-17,22,36H,14,18H2,1-2H3,(H,33,37). The first-order valence-electron chi connectivity index (χ1n) is 12.5. The highest BCUT2D eigenvalue weighted by Gasteiger charge is 2.18. The van der Waals surface area contributed by atoms with Crippen LogP contribution in [0.1, 0.15) is 15.9 Å². The molecule has 1 amide bonds. The zero-order valence-electron chi connectivity index (χ0n) is 21.9. The van der Waals surface area contributed by atoms with Gasteiger partial charge < -0.3 is 19.9 Å². The van der Waals surface area contributed by atoms with E-state index in [2.05, 4.69) is 20.4 Å². The molecule has 0 aliphatic rings. The van der Waals surface area contributed by atoms with Crippen molar-refractivity contribution in [3.8, 4) is 28.6 Å². The maximum atomic E-state index is 13.4. The molecule has 3 heterocycles. The molecular formula is C30H27N5O5. The Labute approximate surface area is 229 Å². The van der Waals surface area contributed by atoms with E-state index in [0.717, 1.165) is 11.1 Å². The molecule has 0 saturated heterocycles. The van der Waals surface area contributed by atoms with Crippen molar-refractivity contribution in [2.24, 2.45) is 0 Å². The number of fused-ring (bicyclic) bond motifs is 1. The SMILES string of the molecule is COc1ccc(CC(CO)NC(=O)c2ccnc(-n3nc(-c4cccnc4)c4ccccc4c3=O)c2)cc1OC. The first-order valence-corrected chi connectivity index (χ1v) is 12.5. The van der Waals surface area contributed by atoms with E-state index < -0.39 is 11.9 Å². The molecule has 10 nitrogen and oxygen atoms in total. The van der Waals surface area contributed by atoms with Crippen molar-refractivity contribution in [2.45, 2.75) is 12.5 Å². The second-order valence-electron chi connectivity index (χ2n) is 9.00. The van der Waals surface area contributed by atoms with E-state index in [1.54, 1.807) is 56.9 Å². The molecule has 10 heteroatoms. The number of nitrogens with one attached hydrogen (secondary N) is 1. The van der Waals surface area contributed by atoms with Gasteiger partial charge in [0, 0.05) is 35.1 Å². The van der Waals surface area contributed by atoms with Crippen LogP contribution < -0.4 is 20.3 Å². The van der Waals surface area contributed by atoms with Crippen molar-refractivity contribution in [1.29, 1.82) is 0 Å². The second-order valence-corrected chi connectivity index (χ2v) is 9.00. The maximum Gasteiger partial charge on any atom is 0.280 e. The average Bonchev–Trinajstić information content (AvgIpc) is 3.01. The molecule has 2 aromatic carbocycles. The smallest absolute Gasteiger partial charge is 0.280 e. The van der Waals surface area contributed by atoms with Gasteiger partial charge in [-0.3, -0.25) is 14.6 Å². The molecule has 5 aromatic rings. The molecule has 1 unspecified atom stereocenters. The number of rotatable bonds is 9. The maximum absolute atomic E-state index is 13.4. The lowest BCUT2D eigenvalue weighted by molar-refractivity contribution is 0.0916. The van der Waals surface area contributed by atoms with Gasteiger partial charge in [-0.2, -0.15) is 9.78 Å². The van der Waals surface area contributed by atoms with Crippen molar-refractivity contribution >= 4 is 16.7 Å². The third kappa shape index (κ3) is 5.38. The molecular weight excluding hydrogens is 510 g/mol. The summed E-state index contributed by atoms with van der Waals surface area (Å²) in [6, 6.07) is 18.7. The zero-order valence-corrected chi connectivity index (χ0v) is 21.9. The quantitative estimate of drug-likeness (QED) is 0.293. The summed E-state index contributed by atoms with van der Waals surface area (Å²) in [6.07, 6.45) is 5.14. The summed E-state index contributed by atoms with van der Waals surface area (Å²) in [5, 5.41) is 18.6. The number of nitrogens with zero attached hydrogens (tertiary/aromatic N) is 4. The number of methoxy groups -OCH3 is 2. The summed E-state index contributed by atoms with van der Waals surface area (Å²) in [5.41, 5.74) is 2.05. The fourth-order valence-electron chi connectivity index (χ4n) is 4.46. The number of carbonyl (C=O) groups is 1. The van der Waals surface area contributed by atoms with Gasteiger partial charge in [-0.25, -0.2) is 4.98 Å². The number of pyridine rings is 2. The number of aliphatic hydroxyl groups excluding tert-OH is 1. The lowest BCUT2D eigenvalue weighted by Gasteiger charge is -2.18. The summed E-state index contributed by atoms with van der Waals surface area (Å²) in [7, 11) is 3.10. The second kappa shape index (κ2) is 11.7. The van der Waals surface area contributed by atoms with Gasteiger partial charge in [0.1, 0.15) is 5.69 Å². The van der Waals surface area contributed by atoms with E-state index in [-0.39, 0.29) is 23.5 Å². The van der Waals surface area contributed by atoms with Gasteiger partial charge in [0.15, 0.2) is 17.3 Å². The molecule has 0 aliphatic carbocycles. The minimum atomic E-state index is -0.569. The Morgan fingerprint density at radius 3 is 2.50 bits per heavy atom. The summed E-state index contributed by atoms with van der Waals surface area (Å²) in [5.74, 6) is 0.906. The summed E-state index contributed by atoms with van der Waals surface area (Å²) in [6.45, 7) is -0.280. The number of hydrogen-bond acceptors (Lipinski definition) is 8. The summed E-state index contributed by atoms with van der Waals surface area (Å²) in [4.78, 5) is 35.1. The monoisotopic (exact) mass is 537 g/mol. The van der Waals surface area contributed by atoms with Crippen molar-refractivity contribution < 1.29 is 19.4 Å². The predicted octanol–water partition coefficient (Wildman–Crippen LogP) is 3.19. The highest BCUT2D eigenvalue weighted by molar-refractivity contribution is 5.95. The van der Waals surface area contributed by atoms with Crippen LogP contribution in [0, 0.1) is 0 Å². The van der Waals surface area contributed by atoms with Gasteiger partial charge in [0.05, 0.1) is 32.3 Å². The minimum absolute atomic E-state index is 0.189. The molecule has 0 fully saturated rings. The number of benzene rings is 2. The van der Waals surface area contributed by atoms with Gasteiger partial charge in [0.2, 0.25) is 0 Å². The van der Waals surface area contributed by atoms with E-state index in [9.17, 15) is 14.7 Å². The van der Waals surface area contributed by atoms with E-state index >= 15 is 0 Å². The number of aromatic nitrogens is 4. The third-order valence-electron chi connectivity index (χ3n) is 6.45. The molecule has 5 rings (SSSR count). The highest BCUT2D eigenvalue weighted by Crippen LogP contribution is 2.28. The van der Waals surface area contributed by atoms with E-state index in [0.29, 0.717) is 34.4 Å². The number of amides is 1. The number of aliphatic hydroxyl groups is 1. The van der Waals surface area contributed by atoms with Crippen LogP contribution in [-0.4, -0.2) is 57.6 Å². The zero-order chi connectivity index (χ0) is 28.1. The molecule has 1 atom stereocenters. The van der Waals surface area contributed by atoms with E-state index in [1.165, 1.54) is 23.0 Å². The molecule has 3 aromatic heterocycles. The van der Waals surface area contributed by atoms with Crippen molar-refractivity contribution in [2.75, 3.05) is 20.8 Å². The first-order chi connectivity index (χ1) is 19.5. The van der Waals surface area contributed by atoms with Crippen LogP contribution in [0.4, 0.5) is 0 Å². The molecule has 202 valence electrons. The Morgan fingerprint density at radius 2 is 1.77 bits per heavy atom. The number of ether oxygens (including phenoxy) is 2. The van der Waals surface area contributed by atoms with Crippen LogP contribution in [0.5, 0.6) is 11.5 Å². The molecule has 0 spiro atoms. The largest absolute Gasteiger partial charge is 0.493 e. The Morgan fingerprint density at radius 1 is 0.975 bits per heavy atom. The Kier molecular flexibility index (Phi) is 7.79. The Balaban J connectivity index is 1.45. The van der Waals surface area contributed by atoms with Crippen LogP contribution >= 0.6 is 0 Å². The lowest BCUT2D eigenvalue weighted by Crippen LogP contribution is -2.39. The molecule has 40 heavy (non-hydrogen) atoms. The van der Waals surface area contributed by atoms with Crippen molar-refractivity contribution in [1.82, 2.24) is 25.1 Å². The molecule has 2 N–H and O–H groups in total. The topological polar surface area (TPSA) is 128 Å². The average molecular weight is 538 g/mol. The molecule has 0 saturated carbocycles. The highest BCUT2D eigenvalue weighted by atomic mass is 16.5. The number of hydrogen-bond donors (Lipinski definition) is 2. The molecule has 0 bridgehead atoms. The van der Waals surface area contributed by atoms with Crippen molar-refractivity contribution in [3.63, 3.8) is 0 Å². The van der Waals surface area contributed by atoms with Crippen LogP contribution in [0.15, 0.2) is 90.1 Å². The van der Waals surface area contributed by atoms with Crippen LogP contribution in [0.25, 0.3) is 27.8 Å². The van der Waals surface area contributed by atoms with Gasteiger partial charge >= 0.3 is 0 Å². The van der Waals surface area contributed by atoms with Crippen LogP contribution in [0.3, 0.4) is 0 Å². The summed E-state index contributed by atoms with van der Waals surface area (Å²) < 4.78 is 11.8. The van der Waals surface area contributed by atoms with Gasteiger partial charge in [-0.05, 0) is 54.4 Å². The van der Waals surface area contributed by atoms with Crippen LogP contribution in [-0.2, 0) is 6.42 Å². The normalized spacial score (nSPS) is 11.7. The van der Waals surface area contributed by atoms with Gasteiger partial charge in [-0.1, -0.05) is 24.3 Å². The van der Waals surface area contributed by atoms with Crippen molar-refractivity contribution in [3.05, 3.63) is 107 Å². The van der Waals surface area contributed by atoms with E-state index in [1.807, 2.05) is 24.3 Å².